The summed E-state index contributed by atoms with van der Waals surface area (Å²) in [6.07, 6.45) is 6.49. The van der Waals surface area contributed by atoms with Gasteiger partial charge in [0.1, 0.15) is 5.54 Å². The van der Waals surface area contributed by atoms with Gasteiger partial charge in [-0.25, -0.2) is 4.99 Å². The number of carbonyl (C=O) groups excluding carboxylic acids is 1. The number of unbranched alkanes of at least 4 members (excludes halogenated alkanes) is 1. The molecular formula is C12H22N2O2. The second kappa shape index (κ2) is 5.87. The second-order valence-electron chi connectivity index (χ2n) is 4.42. The van der Waals surface area contributed by atoms with Crippen LogP contribution in [0.3, 0.4) is 0 Å². The summed E-state index contributed by atoms with van der Waals surface area (Å²) in [7, 11) is 1.61. The van der Waals surface area contributed by atoms with Crippen LogP contribution in [0, 0.1) is 0 Å². The molecular weight excluding hydrogens is 204 g/mol. The van der Waals surface area contributed by atoms with Gasteiger partial charge in [0.2, 0.25) is 5.91 Å². The van der Waals surface area contributed by atoms with E-state index < -0.39 is 5.54 Å². The number of ether oxygens (including phenoxy) is 1. The molecule has 1 aliphatic rings. The minimum atomic E-state index is -0.681. The Hall–Kier alpha value is -1.06. The Kier molecular flexibility index (Phi) is 4.77. The average Bonchev–Trinajstić information content (AvgIpc) is 2.74. The van der Waals surface area contributed by atoms with Crippen molar-refractivity contribution in [1.82, 2.24) is 0 Å². The van der Waals surface area contributed by atoms with Crippen LogP contribution in [0.5, 0.6) is 0 Å². The number of hydrogen-bond donors (Lipinski definition) is 1. The summed E-state index contributed by atoms with van der Waals surface area (Å²) in [5, 5.41) is 0. The quantitative estimate of drug-likeness (QED) is 0.575. The van der Waals surface area contributed by atoms with Gasteiger partial charge in [-0.2, -0.15) is 0 Å². The molecule has 1 saturated carbocycles. The number of primary amides is 1. The lowest BCUT2D eigenvalue weighted by molar-refractivity contribution is -0.122. The molecule has 0 spiro atoms. The maximum atomic E-state index is 11.5. The summed E-state index contributed by atoms with van der Waals surface area (Å²) >= 11 is 0. The van der Waals surface area contributed by atoms with Crippen molar-refractivity contribution in [2.75, 3.05) is 7.11 Å². The molecule has 0 aliphatic heterocycles. The number of methoxy groups -OCH3 is 1. The summed E-state index contributed by atoms with van der Waals surface area (Å²) in [4.78, 5) is 16.0. The summed E-state index contributed by atoms with van der Waals surface area (Å²) in [5.41, 5.74) is 4.78. The fraction of sp³-hybridized carbons (Fsp3) is 0.833. The van der Waals surface area contributed by atoms with Gasteiger partial charge in [0, 0.05) is 6.42 Å². The first-order valence-corrected chi connectivity index (χ1v) is 6.07. The highest BCUT2D eigenvalue weighted by molar-refractivity contribution is 5.89. The predicted molar refractivity (Wildman–Crippen MR) is 64.4 cm³/mol. The number of nitrogens with two attached hydrogens (primary N) is 1. The molecule has 1 fully saturated rings. The first-order chi connectivity index (χ1) is 7.64. The van der Waals surface area contributed by atoms with Crippen molar-refractivity contribution in [3.63, 3.8) is 0 Å². The second-order valence-corrected chi connectivity index (χ2v) is 4.42. The summed E-state index contributed by atoms with van der Waals surface area (Å²) in [5.74, 6) is 0.360. The van der Waals surface area contributed by atoms with Crippen molar-refractivity contribution in [3.05, 3.63) is 0 Å². The van der Waals surface area contributed by atoms with Gasteiger partial charge in [0.15, 0.2) is 5.90 Å². The fourth-order valence-electron chi connectivity index (χ4n) is 2.14. The van der Waals surface area contributed by atoms with Gasteiger partial charge in [-0.1, -0.05) is 26.2 Å². The molecule has 4 nitrogen and oxygen atoms in total. The Morgan fingerprint density at radius 1 is 1.44 bits per heavy atom. The lowest BCUT2D eigenvalue weighted by atomic mass is 9.98. The van der Waals surface area contributed by atoms with E-state index >= 15 is 0 Å². The Balaban J connectivity index is 2.78. The number of nitrogens with zero attached hydrogens (tertiary/aromatic N) is 1. The lowest BCUT2D eigenvalue weighted by Crippen LogP contribution is -2.40. The summed E-state index contributed by atoms with van der Waals surface area (Å²) in [6, 6.07) is 0. The molecule has 0 bridgehead atoms. The van der Waals surface area contributed by atoms with Gasteiger partial charge in [0.25, 0.3) is 0 Å². The average molecular weight is 226 g/mol. The van der Waals surface area contributed by atoms with Crippen LogP contribution in [0.25, 0.3) is 0 Å². The molecule has 0 aromatic carbocycles. The van der Waals surface area contributed by atoms with Crippen LogP contribution in [0.2, 0.25) is 0 Å². The number of hydrogen-bond acceptors (Lipinski definition) is 3. The van der Waals surface area contributed by atoms with E-state index in [-0.39, 0.29) is 5.91 Å². The molecule has 0 radical (unpaired) electrons. The number of aliphatic imine (C=N–C) groups is 1. The summed E-state index contributed by atoms with van der Waals surface area (Å²) in [6.45, 7) is 2.12. The van der Waals surface area contributed by atoms with Crippen LogP contribution in [-0.4, -0.2) is 24.5 Å². The smallest absolute Gasteiger partial charge is 0.245 e. The van der Waals surface area contributed by atoms with E-state index in [0.717, 1.165) is 44.9 Å². The third-order valence-electron chi connectivity index (χ3n) is 3.21. The van der Waals surface area contributed by atoms with Crippen molar-refractivity contribution >= 4 is 11.8 Å². The largest absolute Gasteiger partial charge is 0.484 e. The zero-order valence-corrected chi connectivity index (χ0v) is 10.3. The van der Waals surface area contributed by atoms with Gasteiger partial charge in [-0.3, -0.25) is 4.79 Å². The monoisotopic (exact) mass is 226 g/mol. The minimum absolute atomic E-state index is 0.309. The topological polar surface area (TPSA) is 64.7 Å². The Bertz CT molecular complexity index is 268. The molecule has 0 atom stereocenters. The zero-order valence-electron chi connectivity index (χ0n) is 10.3. The molecule has 0 heterocycles. The highest BCUT2D eigenvalue weighted by Gasteiger charge is 2.39. The van der Waals surface area contributed by atoms with Crippen molar-refractivity contribution in [1.29, 1.82) is 0 Å². The summed E-state index contributed by atoms with van der Waals surface area (Å²) < 4.78 is 5.23. The van der Waals surface area contributed by atoms with Gasteiger partial charge in [0.05, 0.1) is 7.11 Å². The normalized spacial score (nSPS) is 19.8. The lowest BCUT2D eigenvalue weighted by Gasteiger charge is -2.21. The van der Waals surface area contributed by atoms with E-state index in [1.54, 1.807) is 7.11 Å². The third-order valence-corrected chi connectivity index (χ3v) is 3.21. The molecule has 92 valence electrons. The van der Waals surface area contributed by atoms with Gasteiger partial charge in [-0.05, 0) is 19.3 Å². The molecule has 0 aromatic rings. The van der Waals surface area contributed by atoms with Crippen molar-refractivity contribution in [2.24, 2.45) is 10.7 Å². The van der Waals surface area contributed by atoms with Crippen molar-refractivity contribution in [3.8, 4) is 0 Å². The third kappa shape index (κ3) is 2.97. The van der Waals surface area contributed by atoms with Crippen LogP contribution in [0.15, 0.2) is 4.99 Å². The van der Waals surface area contributed by atoms with Crippen LogP contribution >= 0.6 is 0 Å². The molecule has 0 saturated heterocycles. The molecule has 0 unspecified atom stereocenters. The first kappa shape index (κ1) is 13.0. The molecule has 0 aromatic heterocycles. The molecule has 4 heteroatoms. The molecule has 1 aliphatic carbocycles. The Morgan fingerprint density at radius 3 is 2.50 bits per heavy atom. The maximum absolute atomic E-state index is 11.5. The SMILES string of the molecule is CCCCC(=NC1(C(N)=O)CCCC1)OC. The molecule has 16 heavy (non-hydrogen) atoms. The predicted octanol–water partition coefficient (Wildman–Crippen LogP) is 2.02. The molecule has 2 N–H and O–H groups in total. The Labute approximate surface area is 97.3 Å². The van der Waals surface area contributed by atoms with Crippen LogP contribution < -0.4 is 5.73 Å². The van der Waals surface area contributed by atoms with Crippen LogP contribution in [-0.2, 0) is 9.53 Å². The highest BCUT2D eigenvalue weighted by Crippen LogP contribution is 2.33. The zero-order chi connectivity index (χ0) is 12.0. The highest BCUT2D eigenvalue weighted by atomic mass is 16.5. The standard InChI is InChI=1S/C12H22N2O2/c1-3-4-7-10(16-2)14-12(11(13)15)8-5-6-9-12/h3-9H2,1-2H3,(H2,13,15). The van der Waals surface area contributed by atoms with Crippen molar-refractivity contribution < 1.29 is 9.53 Å². The van der Waals surface area contributed by atoms with Gasteiger partial charge < -0.3 is 10.5 Å². The number of rotatable bonds is 5. The fourth-order valence-corrected chi connectivity index (χ4v) is 2.14. The van der Waals surface area contributed by atoms with E-state index in [9.17, 15) is 4.79 Å². The number of carbonyl (C=O) groups is 1. The first-order valence-electron chi connectivity index (χ1n) is 6.07. The van der Waals surface area contributed by atoms with E-state index in [4.69, 9.17) is 10.5 Å². The Morgan fingerprint density at radius 2 is 2.06 bits per heavy atom. The van der Waals surface area contributed by atoms with Gasteiger partial charge in [-0.15, -0.1) is 0 Å². The molecule has 1 rings (SSSR count). The molecule has 1 amide bonds. The van der Waals surface area contributed by atoms with E-state index in [2.05, 4.69) is 11.9 Å². The van der Waals surface area contributed by atoms with Crippen LogP contribution in [0.4, 0.5) is 0 Å². The van der Waals surface area contributed by atoms with E-state index in [1.165, 1.54) is 0 Å². The van der Waals surface area contributed by atoms with E-state index in [0.29, 0.717) is 5.90 Å². The van der Waals surface area contributed by atoms with Crippen LogP contribution in [0.1, 0.15) is 51.9 Å². The minimum Gasteiger partial charge on any atom is -0.484 e. The number of amides is 1. The van der Waals surface area contributed by atoms with Gasteiger partial charge >= 0.3 is 0 Å². The van der Waals surface area contributed by atoms with E-state index in [1.807, 2.05) is 0 Å². The maximum Gasteiger partial charge on any atom is 0.245 e. The van der Waals surface area contributed by atoms with Crippen molar-refractivity contribution in [2.45, 2.75) is 57.4 Å².